The number of carbonyl (C=O) groups excluding carboxylic acids is 1. The van der Waals surface area contributed by atoms with E-state index >= 15 is 0 Å². The molecular weight excluding hydrogens is 286 g/mol. The lowest BCUT2D eigenvalue weighted by atomic mass is 9.94. The van der Waals surface area contributed by atoms with Crippen molar-refractivity contribution in [3.05, 3.63) is 34.9 Å². The van der Waals surface area contributed by atoms with Crippen LogP contribution in [-0.2, 0) is 11.3 Å². The number of carbonyl (C=O) groups is 1. The average molecular weight is 308 g/mol. The van der Waals surface area contributed by atoms with Crippen LogP contribution >= 0.6 is 11.6 Å². The normalized spacial score (nSPS) is 25.6. The lowest BCUT2D eigenvalue weighted by Crippen LogP contribution is -2.41. The van der Waals surface area contributed by atoms with E-state index in [0.29, 0.717) is 24.2 Å². The van der Waals surface area contributed by atoms with Crippen molar-refractivity contribution >= 4 is 17.5 Å². The van der Waals surface area contributed by atoms with Crippen LogP contribution in [0.3, 0.4) is 0 Å². The molecule has 21 heavy (non-hydrogen) atoms. The van der Waals surface area contributed by atoms with Crippen LogP contribution in [-0.4, -0.2) is 43.0 Å². The van der Waals surface area contributed by atoms with Crippen molar-refractivity contribution < 1.29 is 4.79 Å². The zero-order valence-electron chi connectivity index (χ0n) is 12.1. The molecule has 2 aliphatic rings. The quantitative estimate of drug-likeness (QED) is 0.889. The molecule has 5 heteroatoms. The lowest BCUT2D eigenvalue weighted by Gasteiger charge is -2.24. The minimum atomic E-state index is 0.0774. The molecule has 0 spiro atoms. The van der Waals surface area contributed by atoms with Gasteiger partial charge in [-0.1, -0.05) is 29.8 Å². The number of piperidine rings is 1. The molecule has 1 amide bonds. The third kappa shape index (κ3) is 3.76. The molecule has 114 valence electrons. The van der Waals surface area contributed by atoms with Gasteiger partial charge in [0.25, 0.3) is 0 Å². The number of amides is 1. The fourth-order valence-electron chi connectivity index (χ4n) is 3.36. The molecule has 1 aromatic carbocycles. The van der Waals surface area contributed by atoms with Crippen LogP contribution in [0.4, 0.5) is 0 Å². The molecule has 2 saturated heterocycles. The van der Waals surface area contributed by atoms with Gasteiger partial charge in [0.05, 0.1) is 6.54 Å². The third-order valence-electron chi connectivity index (χ3n) is 4.48. The first-order chi connectivity index (χ1) is 10.2. The predicted molar refractivity (Wildman–Crippen MR) is 84.3 cm³/mol. The Labute approximate surface area is 130 Å². The molecule has 0 aromatic heterocycles. The van der Waals surface area contributed by atoms with E-state index < -0.39 is 0 Å². The van der Waals surface area contributed by atoms with Gasteiger partial charge in [0.2, 0.25) is 5.91 Å². The van der Waals surface area contributed by atoms with E-state index in [4.69, 9.17) is 11.6 Å². The van der Waals surface area contributed by atoms with Gasteiger partial charge in [-0.25, -0.2) is 0 Å². The summed E-state index contributed by atoms with van der Waals surface area (Å²) in [6.07, 6.45) is 2.54. The largest absolute Gasteiger partial charge is 0.351 e. The van der Waals surface area contributed by atoms with E-state index in [9.17, 15) is 4.79 Å². The van der Waals surface area contributed by atoms with Gasteiger partial charge < -0.3 is 10.6 Å². The second-order valence-electron chi connectivity index (χ2n) is 6.03. The molecular formula is C16H22ClN3O. The summed E-state index contributed by atoms with van der Waals surface area (Å²) in [5.74, 6) is 0.795. The standard InChI is InChI=1S/C16H22ClN3O/c17-14-6-2-1-4-12(14)8-19-16(21)11-20-9-13-5-3-7-18-15(13)10-20/h1-2,4,6,13,15,18H,3,5,7-11H2,(H,19,21). The molecule has 0 radical (unpaired) electrons. The SMILES string of the molecule is O=C(CN1CC2CCCNC2C1)NCc1ccccc1Cl. The van der Waals surface area contributed by atoms with Gasteiger partial charge in [-0.3, -0.25) is 9.69 Å². The number of halogens is 1. The molecule has 2 fully saturated rings. The molecule has 0 saturated carbocycles. The molecule has 0 bridgehead atoms. The number of hydrogen-bond donors (Lipinski definition) is 2. The summed E-state index contributed by atoms with van der Waals surface area (Å²) in [4.78, 5) is 14.3. The average Bonchev–Trinajstić information content (AvgIpc) is 2.88. The Morgan fingerprint density at radius 2 is 2.24 bits per heavy atom. The number of fused-ring (bicyclic) bond motifs is 1. The Bertz CT molecular complexity index is 494. The monoisotopic (exact) mass is 307 g/mol. The van der Waals surface area contributed by atoms with Gasteiger partial charge in [-0.2, -0.15) is 0 Å². The van der Waals surface area contributed by atoms with E-state index in [2.05, 4.69) is 15.5 Å². The van der Waals surface area contributed by atoms with E-state index in [0.717, 1.165) is 31.1 Å². The van der Waals surface area contributed by atoms with Crippen LogP contribution in [0.15, 0.2) is 24.3 Å². The Kier molecular flexibility index (Phi) is 4.78. The number of nitrogens with zero attached hydrogens (tertiary/aromatic N) is 1. The molecule has 0 aliphatic carbocycles. The molecule has 4 nitrogen and oxygen atoms in total. The Morgan fingerprint density at radius 3 is 3.05 bits per heavy atom. The van der Waals surface area contributed by atoms with Gasteiger partial charge in [0, 0.05) is 30.7 Å². The maximum Gasteiger partial charge on any atom is 0.234 e. The van der Waals surface area contributed by atoms with Gasteiger partial charge in [-0.15, -0.1) is 0 Å². The molecule has 2 heterocycles. The van der Waals surface area contributed by atoms with Crippen molar-refractivity contribution in [1.82, 2.24) is 15.5 Å². The maximum absolute atomic E-state index is 12.1. The molecule has 2 unspecified atom stereocenters. The zero-order valence-corrected chi connectivity index (χ0v) is 12.9. The fourth-order valence-corrected chi connectivity index (χ4v) is 3.56. The molecule has 3 rings (SSSR count). The number of rotatable bonds is 4. The van der Waals surface area contributed by atoms with Gasteiger partial charge in [0.15, 0.2) is 0 Å². The van der Waals surface area contributed by atoms with Gasteiger partial charge in [-0.05, 0) is 36.9 Å². The fraction of sp³-hybridized carbons (Fsp3) is 0.562. The summed E-state index contributed by atoms with van der Waals surface area (Å²) in [5.41, 5.74) is 0.962. The lowest BCUT2D eigenvalue weighted by molar-refractivity contribution is -0.122. The highest BCUT2D eigenvalue weighted by molar-refractivity contribution is 6.31. The van der Waals surface area contributed by atoms with Crippen LogP contribution in [0.2, 0.25) is 5.02 Å². The summed E-state index contributed by atoms with van der Waals surface area (Å²) < 4.78 is 0. The summed E-state index contributed by atoms with van der Waals surface area (Å²) >= 11 is 6.09. The van der Waals surface area contributed by atoms with Crippen LogP contribution < -0.4 is 10.6 Å². The topological polar surface area (TPSA) is 44.4 Å². The number of likely N-dealkylation sites (tertiary alicyclic amines) is 1. The highest BCUT2D eigenvalue weighted by Gasteiger charge is 2.34. The smallest absolute Gasteiger partial charge is 0.234 e. The Balaban J connectivity index is 1.45. The predicted octanol–water partition coefficient (Wildman–Crippen LogP) is 1.64. The van der Waals surface area contributed by atoms with Crippen LogP contribution in [0, 0.1) is 5.92 Å². The highest BCUT2D eigenvalue weighted by Crippen LogP contribution is 2.24. The highest BCUT2D eigenvalue weighted by atomic mass is 35.5. The summed E-state index contributed by atoms with van der Waals surface area (Å²) in [6, 6.07) is 8.20. The van der Waals surface area contributed by atoms with Crippen LogP contribution in [0.25, 0.3) is 0 Å². The minimum absolute atomic E-state index is 0.0774. The Hall–Kier alpha value is -1.10. The first kappa shape index (κ1) is 14.8. The summed E-state index contributed by atoms with van der Waals surface area (Å²) in [7, 11) is 0. The van der Waals surface area contributed by atoms with E-state index in [-0.39, 0.29) is 5.91 Å². The van der Waals surface area contributed by atoms with Crippen molar-refractivity contribution in [3.8, 4) is 0 Å². The van der Waals surface area contributed by atoms with Gasteiger partial charge in [0.1, 0.15) is 0 Å². The zero-order chi connectivity index (χ0) is 14.7. The van der Waals surface area contributed by atoms with Crippen molar-refractivity contribution in [3.63, 3.8) is 0 Å². The third-order valence-corrected chi connectivity index (χ3v) is 4.84. The van der Waals surface area contributed by atoms with Crippen LogP contribution in [0.5, 0.6) is 0 Å². The first-order valence-electron chi connectivity index (χ1n) is 7.68. The number of nitrogens with one attached hydrogen (secondary N) is 2. The van der Waals surface area contributed by atoms with Crippen molar-refractivity contribution in [2.45, 2.75) is 25.4 Å². The second-order valence-corrected chi connectivity index (χ2v) is 6.43. The molecule has 2 N–H and O–H groups in total. The molecule has 1 aromatic rings. The maximum atomic E-state index is 12.1. The van der Waals surface area contributed by atoms with E-state index in [1.165, 1.54) is 12.8 Å². The van der Waals surface area contributed by atoms with Crippen molar-refractivity contribution in [1.29, 1.82) is 0 Å². The summed E-state index contributed by atoms with van der Waals surface area (Å²) in [6.45, 7) is 4.13. The minimum Gasteiger partial charge on any atom is -0.351 e. The van der Waals surface area contributed by atoms with Crippen molar-refractivity contribution in [2.24, 2.45) is 5.92 Å². The van der Waals surface area contributed by atoms with E-state index in [1.807, 2.05) is 24.3 Å². The van der Waals surface area contributed by atoms with Crippen molar-refractivity contribution in [2.75, 3.05) is 26.2 Å². The molecule has 2 atom stereocenters. The number of benzene rings is 1. The first-order valence-corrected chi connectivity index (χ1v) is 8.06. The molecule has 2 aliphatic heterocycles. The number of hydrogen-bond acceptors (Lipinski definition) is 3. The second kappa shape index (κ2) is 6.77. The van der Waals surface area contributed by atoms with Gasteiger partial charge >= 0.3 is 0 Å². The Morgan fingerprint density at radius 1 is 1.38 bits per heavy atom. The summed E-state index contributed by atoms with van der Waals surface area (Å²) in [5, 5.41) is 7.22. The van der Waals surface area contributed by atoms with E-state index in [1.54, 1.807) is 0 Å². The van der Waals surface area contributed by atoms with Crippen LogP contribution in [0.1, 0.15) is 18.4 Å².